The largest absolute Gasteiger partial charge is 0.469 e. The lowest BCUT2D eigenvalue weighted by Gasteiger charge is -2.17. The van der Waals surface area contributed by atoms with Crippen LogP contribution in [0.2, 0.25) is 10.0 Å². The van der Waals surface area contributed by atoms with E-state index in [2.05, 4.69) is 4.74 Å². The molecule has 2 rings (SSSR count). The molecular formula is C13H13Cl2NO3. The normalized spacial score (nSPS) is 18.5. The minimum absolute atomic E-state index is 0.209. The van der Waals surface area contributed by atoms with E-state index in [1.54, 1.807) is 17.0 Å². The zero-order valence-corrected chi connectivity index (χ0v) is 11.9. The molecule has 6 heteroatoms. The molecule has 1 fully saturated rings. The van der Waals surface area contributed by atoms with Gasteiger partial charge in [-0.05, 0) is 24.6 Å². The van der Waals surface area contributed by atoms with Crippen LogP contribution >= 0.6 is 23.2 Å². The lowest BCUT2D eigenvalue weighted by Crippen LogP contribution is -2.30. The third-order valence-corrected chi connectivity index (χ3v) is 3.73. The summed E-state index contributed by atoms with van der Waals surface area (Å²) in [5.74, 6) is -0.752. The lowest BCUT2D eigenvalue weighted by atomic mass is 10.1. The molecule has 0 aromatic heterocycles. The maximum absolute atomic E-state index is 12.3. The Labute approximate surface area is 121 Å². The molecule has 1 amide bonds. The van der Waals surface area contributed by atoms with Crippen LogP contribution in [0.3, 0.4) is 0 Å². The molecule has 1 unspecified atom stereocenters. The Morgan fingerprint density at radius 1 is 1.37 bits per heavy atom. The van der Waals surface area contributed by atoms with E-state index in [4.69, 9.17) is 23.2 Å². The first-order valence-electron chi connectivity index (χ1n) is 5.85. The fourth-order valence-corrected chi connectivity index (χ4v) is 2.51. The van der Waals surface area contributed by atoms with E-state index < -0.39 is 0 Å². The summed E-state index contributed by atoms with van der Waals surface area (Å²) < 4.78 is 4.69. The molecule has 1 saturated heterocycles. The number of methoxy groups -OCH3 is 1. The predicted octanol–water partition coefficient (Wildman–Crippen LogP) is 2.63. The van der Waals surface area contributed by atoms with Gasteiger partial charge >= 0.3 is 5.97 Å². The van der Waals surface area contributed by atoms with Crippen LogP contribution in [0.1, 0.15) is 16.8 Å². The zero-order valence-electron chi connectivity index (χ0n) is 10.4. The van der Waals surface area contributed by atoms with Crippen molar-refractivity contribution < 1.29 is 14.3 Å². The molecule has 0 radical (unpaired) electrons. The summed E-state index contributed by atoms with van der Waals surface area (Å²) in [4.78, 5) is 25.3. The van der Waals surface area contributed by atoms with Crippen LogP contribution in [0.15, 0.2) is 18.2 Å². The number of halogens is 2. The van der Waals surface area contributed by atoms with Crippen LogP contribution in [0.25, 0.3) is 0 Å². The number of rotatable bonds is 2. The van der Waals surface area contributed by atoms with Crippen LogP contribution < -0.4 is 0 Å². The quantitative estimate of drug-likeness (QED) is 0.789. The first kappa shape index (κ1) is 14.2. The van der Waals surface area contributed by atoms with Gasteiger partial charge in [0.15, 0.2) is 0 Å². The Kier molecular flexibility index (Phi) is 4.32. The third-order valence-electron chi connectivity index (χ3n) is 3.17. The van der Waals surface area contributed by atoms with Crippen LogP contribution in [0.5, 0.6) is 0 Å². The molecule has 4 nitrogen and oxygen atoms in total. The molecule has 1 heterocycles. The zero-order chi connectivity index (χ0) is 14.0. The summed E-state index contributed by atoms with van der Waals surface area (Å²) in [6.07, 6.45) is 0.608. The SMILES string of the molecule is COC(=O)C1CCN(C(=O)c2cc(Cl)ccc2Cl)C1. The van der Waals surface area contributed by atoms with Gasteiger partial charge in [0, 0.05) is 18.1 Å². The average molecular weight is 302 g/mol. The average Bonchev–Trinajstić information content (AvgIpc) is 2.89. The first-order chi connectivity index (χ1) is 9.02. The van der Waals surface area contributed by atoms with Crippen molar-refractivity contribution in [2.24, 2.45) is 5.92 Å². The molecular weight excluding hydrogens is 289 g/mol. The van der Waals surface area contributed by atoms with Gasteiger partial charge in [0.1, 0.15) is 0 Å². The highest BCUT2D eigenvalue weighted by Crippen LogP contribution is 2.25. The summed E-state index contributed by atoms with van der Waals surface area (Å²) in [7, 11) is 1.35. The molecule has 1 atom stereocenters. The Balaban J connectivity index is 2.13. The van der Waals surface area contributed by atoms with Crippen molar-refractivity contribution in [3.63, 3.8) is 0 Å². The number of benzene rings is 1. The monoisotopic (exact) mass is 301 g/mol. The molecule has 1 aromatic carbocycles. The molecule has 0 spiro atoms. The Morgan fingerprint density at radius 3 is 2.79 bits per heavy atom. The summed E-state index contributed by atoms with van der Waals surface area (Å²) in [5.41, 5.74) is 0.361. The van der Waals surface area contributed by atoms with E-state index in [0.717, 1.165) is 0 Å². The number of nitrogens with zero attached hydrogens (tertiary/aromatic N) is 1. The van der Waals surface area contributed by atoms with E-state index in [1.807, 2.05) is 0 Å². The van der Waals surface area contributed by atoms with Gasteiger partial charge in [-0.2, -0.15) is 0 Å². The van der Waals surface area contributed by atoms with Crippen molar-refractivity contribution >= 4 is 35.1 Å². The van der Waals surface area contributed by atoms with Crippen molar-refractivity contribution in [1.29, 1.82) is 0 Å². The number of esters is 1. The number of carbonyl (C=O) groups excluding carboxylic acids is 2. The predicted molar refractivity (Wildman–Crippen MR) is 72.5 cm³/mol. The van der Waals surface area contributed by atoms with Crippen molar-refractivity contribution in [1.82, 2.24) is 4.90 Å². The maximum Gasteiger partial charge on any atom is 0.310 e. The molecule has 0 aliphatic carbocycles. The van der Waals surface area contributed by atoms with E-state index in [9.17, 15) is 9.59 Å². The Hall–Kier alpha value is -1.26. The van der Waals surface area contributed by atoms with Crippen LogP contribution in [0, 0.1) is 5.92 Å². The Morgan fingerprint density at radius 2 is 2.11 bits per heavy atom. The molecule has 1 aromatic rings. The lowest BCUT2D eigenvalue weighted by molar-refractivity contribution is -0.144. The van der Waals surface area contributed by atoms with Crippen molar-refractivity contribution in [3.05, 3.63) is 33.8 Å². The van der Waals surface area contributed by atoms with Crippen molar-refractivity contribution in [2.75, 3.05) is 20.2 Å². The molecule has 0 N–H and O–H groups in total. The number of amides is 1. The second-order valence-electron chi connectivity index (χ2n) is 4.38. The first-order valence-corrected chi connectivity index (χ1v) is 6.60. The minimum atomic E-state index is -0.285. The van der Waals surface area contributed by atoms with Crippen LogP contribution in [0.4, 0.5) is 0 Å². The molecule has 1 aliphatic rings. The molecule has 102 valence electrons. The number of likely N-dealkylation sites (tertiary alicyclic amines) is 1. The van der Waals surface area contributed by atoms with E-state index in [0.29, 0.717) is 35.1 Å². The fraction of sp³-hybridized carbons (Fsp3) is 0.385. The topological polar surface area (TPSA) is 46.6 Å². The number of ether oxygens (including phenoxy) is 1. The fourth-order valence-electron chi connectivity index (χ4n) is 2.14. The standard InChI is InChI=1S/C13H13Cl2NO3/c1-19-13(18)8-4-5-16(7-8)12(17)10-6-9(14)2-3-11(10)15/h2-3,6,8H,4-5,7H2,1H3. The molecule has 0 bridgehead atoms. The summed E-state index contributed by atoms with van der Waals surface area (Å²) >= 11 is 11.9. The second-order valence-corrected chi connectivity index (χ2v) is 5.23. The minimum Gasteiger partial charge on any atom is -0.469 e. The van der Waals surface area contributed by atoms with Gasteiger partial charge in [-0.25, -0.2) is 0 Å². The van der Waals surface area contributed by atoms with Crippen molar-refractivity contribution in [2.45, 2.75) is 6.42 Å². The highest BCUT2D eigenvalue weighted by Gasteiger charge is 2.32. The highest BCUT2D eigenvalue weighted by molar-refractivity contribution is 6.35. The summed E-state index contributed by atoms with van der Waals surface area (Å²) in [5, 5.41) is 0.812. The van der Waals surface area contributed by atoms with Gasteiger partial charge in [-0.1, -0.05) is 23.2 Å². The van der Waals surface area contributed by atoms with Crippen LogP contribution in [-0.4, -0.2) is 37.0 Å². The molecule has 0 saturated carbocycles. The van der Waals surface area contributed by atoms with Gasteiger partial charge in [-0.3, -0.25) is 9.59 Å². The second kappa shape index (κ2) is 5.80. The van der Waals surface area contributed by atoms with E-state index in [-0.39, 0.29) is 17.8 Å². The van der Waals surface area contributed by atoms with Gasteiger partial charge in [-0.15, -0.1) is 0 Å². The summed E-state index contributed by atoms with van der Waals surface area (Å²) in [6.45, 7) is 0.871. The van der Waals surface area contributed by atoms with Gasteiger partial charge in [0.25, 0.3) is 5.91 Å². The summed E-state index contributed by atoms with van der Waals surface area (Å²) in [6, 6.07) is 4.75. The van der Waals surface area contributed by atoms with Gasteiger partial charge < -0.3 is 9.64 Å². The maximum atomic E-state index is 12.3. The van der Waals surface area contributed by atoms with Gasteiger partial charge in [0.05, 0.1) is 23.6 Å². The van der Waals surface area contributed by atoms with Gasteiger partial charge in [0.2, 0.25) is 0 Å². The van der Waals surface area contributed by atoms with Crippen molar-refractivity contribution in [3.8, 4) is 0 Å². The molecule has 19 heavy (non-hydrogen) atoms. The third kappa shape index (κ3) is 3.01. The number of hydrogen-bond acceptors (Lipinski definition) is 3. The number of carbonyl (C=O) groups is 2. The van der Waals surface area contributed by atoms with Crippen LogP contribution in [-0.2, 0) is 9.53 Å². The van der Waals surface area contributed by atoms with E-state index >= 15 is 0 Å². The molecule has 1 aliphatic heterocycles. The highest BCUT2D eigenvalue weighted by atomic mass is 35.5. The van der Waals surface area contributed by atoms with E-state index in [1.165, 1.54) is 13.2 Å². The smallest absolute Gasteiger partial charge is 0.310 e. The Bertz CT molecular complexity index is 519. The number of hydrogen-bond donors (Lipinski definition) is 0.